The third-order valence-corrected chi connectivity index (χ3v) is 5.44. The van der Waals surface area contributed by atoms with Gasteiger partial charge in [-0.1, -0.05) is 5.21 Å². The smallest absolute Gasteiger partial charge is 0.320 e. The summed E-state index contributed by atoms with van der Waals surface area (Å²) in [4.78, 5) is 10.6. The van der Waals surface area contributed by atoms with Gasteiger partial charge in [0.2, 0.25) is 0 Å². The first-order valence-electron chi connectivity index (χ1n) is 6.12. The molecular formula is C11H20N4O4S. The number of hydrogen-bond donors (Lipinski definition) is 2. The number of aromatic nitrogens is 3. The first-order chi connectivity index (χ1) is 9.03. The van der Waals surface area contributed by atoms with Gasteiger partial charge in [-0.25, -0.2) is 8.42 Å². The van der Waals surface area contributed by atoms with E-state index in [0.717, 1.165) is 0 Å². The van der Waals surface area contributed by atoms with E-state index in [0.29, 0.717) is 5.69 Å². The van der Waals surface area contributed by atoms with Crippen molar-refractivity contribution in [2.45, 2.75) is 44.5 Å². The molecule has 114 valence electrons. The lowest BCUT2D eigenvalue weighted by Gasteiger charge is -2.18. The van der Waals surface area contributed by atoms with Crippen LogP contribution in [0.2, 0.25) is 0 Å². The molecule has 0 aliphatic carbocycles. The maximum absolute atomic E-state index is 11.9. The van der Waals surface area contributed by atoms with Gasteiger partial charge in [0, 0.05) is 12.6 Å². The van der Waals surface area contributed by atoms with E-state index < -0.39 is 26.6 Å². The number of aryl methyl sites for hydroxylation is 1. The number of carbonyl (C=O) groups is 1. The Hall–Kier alpha value is -1.48. The number of rotatable bonds is 6. The zero-order chi connectivity index (χ0) is 15.6. The van der Waals surface area contributed by atoms with E-state index >= 15 is 0 Å². The topological polar surface area (TPSA) is 128 Å². The number of aliphatic carboxylic acids is 1. The number of carboxylic acids is 1. The van der Waals surface area contributed by atoms with Crippen LogP contribution in [0.4, 0.5) is 0 Å². The predicted molar refractivity (Wildman–Crippen MR) is 72.9 cm³/mol. The summed E-state index contributed by atoms with van der Waals surface area (Å²) in [6.07, 6.45) is 1.57. The Labute approximate surface area is 117 Å². The lowest BCUT2D eigenvalue weighted by Crippen LogP contribution is -2.32. The van der Waals surface area contributed by atoms with Gasteiger partial charge in [0.25, 0.3) is 0 Å². The van der Waals surface area contributed by atoms with Gasteiger partial charge in [-0.05, 0) is 20.8 Å². The molecule has 0 aliphatic heterocycles. The normalized spacial score (nSPS) is 14.2. The molecular weight excluding hydrogens is 284 g/mol. The van der Waals surface area contributed by atoms with Gasteiger partial charge >= 0.3 is 5.97 Å². The Balaban J connectivity index is 2.64. The Kier molecular flexibility index (Phi) is 4.87. The van der Waals surface area contributed by atoms with Crippen molar-refractivity contribution in [1.82, 2.24) is 15.0 Å². The summed E-state index contributed by atoms with van der Waals surface area (Å²) >= 11 is 0. The van der Waals surface area contributed by atoms with Crippen LogP contribution in [0.25, 0.3) is 0 Å². The summed E-state index contributed by atoms with van der Waals surface area (Å²) in [6, 6.07) is -1.04. The van der Waals surface area contributed by atoms with Gasteiger partial charge in [-0.2, -0.15) is 0 Å². The van der Waals surface area contributed by atoms with Crippen molar-refractivity contribution in [3.05, 3.63) is 11.9 Å². The van der Waals surface area contributed by atoms with Gasteiger partial charge in [0.1, 0.15) is 6.04 Å². The van der Waals surface area contributed by atoms with Crippen LogP contribution < -0.4 is 5.73 Å². The van der Waals surface area contributed by atoms with Gasteiger partial charge < -0.3 is 10.8 Å². The second-order valence-electron chi connectivity index (χ2n) is 5.55. The second kappa shape index (κ2) is 5.88. The van der Waals surface area contributed by atoms with E-state index in [-0.39, 0.29) is 18.7 Å². The highest BCUT2D eigenvalue weighted by Gasteiger charge is 2.28. The quantitative estimate of drug-likeness (QED) is 0.721. The van der Waals surface area contributed by atoms with E-state index in [1.54, 1.807) is 20.8 Å². The van der Waals surface area contributed by atoms with Gasteiger partial charge in [0.15, 0.2) is 9.84 Å². The molecule has 1 heterocycles. The molecule has 9 heteroatoms. The number of nitrogens with two attached hydrogens (primary N) is 1. The van der Waals surface area contributed by atoms with Crippen molar-refractivity contribution in [2.24, 2.45) is 5.73 Å². The maximum Gasteiger partial charge on any atom is 0.320 e. The summed E-state index contributed by atoms with van der Waals surface area (Å²) in [5.74, 6) is -1.17. The molecule has 20 heavy (non-hydrogen) atoms. The Bertz CT molecular complexity index is 573. The molecule has 1 unspecified atom stereocenters. The molecule has 0 aromatic carbocycles. The summed E-state index contributed by atoms with van der Waals surface area (Å²) in [5.41, 5.74) is 5.81. The molecule has 0 aliphatic rings. The van der Waals surface area contributed by atoms with E-state index in [1.165, 1.54) is 10.9 Å². The first-order valence-corrected chi connectivity index (χ1v) is 7.78. The molecule has 0 spiro atoms. The highest BCUT2D eigenvalue weighted by molar-refractivity contribution is 7.92. The highest BCUT2D eigenvalue weighted by atomic mass is 32.2. The minimum atomic E-state index is -3.23. The number of carboxylic acid groups (broad SMARTS) is 1. The van der Waals surface area contributed by atoms with Crippen LogP contribution in [0.3, 0.4) is 0 Å². The second-order valence-corrected chi connectivity index (χ2v) is 8.42. The number of hydrogen-bond acceptors (Lipinski definition) is 6. The Morgan fingerprint density at radius 1 is 1.50 bits per heavy atom. The summed E-state index contributed by atoms with van der Waals surface area (Å²) < 4.78 is 24.4. The fraction of sp³-hybridized carbons (Fsp3) is 0.727. The number of sulfone groups is 1. The SMILES string of the molecule is CC(C)(C)S(=O)(=O)CCn1cc(CC(N)C(=O)O)nn1. The molecule has 1 aromatic heterocycles. The van der Waals surface area contributed by atoms with Crippen molar-refractivity contribution in [3.63, 3.8) is 0 Å². The van der Waals surface area contributed by atoms with Gasteiger partial charge in [0.05, 0.1) is 22.7 Å². The van der Waals surface area contributed by atoms with Crippen LogP contribution in [0.1, 0.15) is 26.5 Å². The minimum Gasteiger partial charge on any atom is -0.480 e. The average molecular weight is 304 g/mol. The predicted octanol–water partition coefficient (Wildman–Crippen LogP) is -0.554. The molecule has 1 atom stereocenters. The largest absolute Gasteiger partial charge is 0.480 e. The van der Waals surface area contributed by atoms with E-state index in [9.17, 15) is 13.2 Å². The van der Waals surface area contributed by atoms with Crippen LogP contribution in [0.5, 0.6) is 0 Å². The molecule has 0 saturated carbocycles. The molecule has 0 radical (unpaired) electrons. The van der Waals surface area contributed by atoms with E-state index in [4.69, 9.17) is 10.8 Å². The zero-order valence-electron chi connectivity index (χ0n) is 11.8. The molecule has 1 rings (SSSR count). The molecule has 3 N–H and O–H groups in total. The molecule has 0 saturated heterocycles. The van der Waals surface area contributed by atoms with Crippen LogP contribution in [-0.2, 0) is 27.6 Å². The van der Waals surface area contributed by atoms with Crippen LogP contribution in [0, 0.1) is 0 Å². The third-order valence-electron chi connectivity index (χ3n) is 2.85. The van der Waals surface area contributed by atoms with Crippen molar-refractivity contribution in [2.75, 3.05) is 5.75 Å². The van der Waals surface area contributed by atoms with Crippen LogP contribution >= 0.6 is 0 Å². The fourth-order valence-electron chi connectivity index (χ4n) is 1.37. The summed E-state index contributed by atoms with van der Waals surface area (Å²) in [6.45, 7) is 5.10. The summed E-state index contributed by atoms with van der Waals surface area (Å²) in [7, 11) is -3.23. The van der Waals surface area contributed by atoms with Crippen LogP contribution in [0.15, 0.2) is 6.20 Å². The van der Waals surface area contributed by atoms with E-state index in [1.807, 2.05) is 0 Å². The highest BCUT2D eigenvalue weighted by Crippen LogP contribution is 2.16. The molecule has 8 nitrogen and oxygen atoms in total. The Morgan fingerprint density at radius 3 is 2.60 bits per heavy atom. The van der Waals surface area contributed by atoms with Gasteiger partial charge in [-0.15, -0.1) is 5.10 Å². The average Bonchev–Trinajstić information content (AvgIpc) is 2.72. The number of nitrogens with zero attached hydrogens (tertiary/aromatic N) is 3. The van der Waals surface area contributed by atoms with E-state index in [2.05, 4.69) is 10.3 Å². The van der Waals surface area contributed by atoms with Crippen molar-refractivity contribution < 1.29 is 18.3 Å². The van der Waals surface area contributed by atoms with Gasteiger partial charge in [-0.3, -0.25) is 9.48 Å². The monoisotopic (exact) mass is 304 g/mol. The zero-order valence-corrected chi connectivity index (χ0v) is 12.6. The fourth-order valence-corrected chi connectivity index (χ4v) is 2.41. The molecule has 0 fully saturated rings. The molecule has 0 bridgehead atoms. The Morgan fingerprint density at radius 2 is 2.10 bits per heavy atom. The van der Waals surface area contributed by atoms with Crippen molar-refractivity contribution in [3.8, 4) is 0 Å². The molecule has 0 amide bonds. The lowest BCUT2D eigenvalue weighted by molar-refractivity contribution is -0.138. The lowest BCUT2D eigenvalue weighted by atomic mass is 10.2. The summed E-state index contributed by atoms with van der Waals surface area (Å²) in [5, 5.41) is 16.2. The minimum absolute atomic E-state index is 0.0513. The third kappa shape index (κ3) is 4.27. The standard InChI is InChI=1S/C11H20N4O4S/c1-11(2,3)20(18,19)5-4-15-7-8(13-14-15)6-9(12)10(16)17/h7,9H,4-6,12H2,1-3H3,(H,16,17). The maximum atomic E-state index is 11.9. The van der Waals surface area contributed by atoms with Crippen molar-refractivity contribution >= 4 is 15.8 Å². The van der Waals surface area contributed by atoms with Crippen LogP contribution in [-0.4, -0.2) is 51.0 Å². The first kappa shape index (κ1) is 16.6. The van der Waals surface area contributed by atoms with Crippen molar-refractivity contribution in [1.29, 1.82) is 0 Å². The molecule has 1 aromatic rings.